The molecule has 0 bridgehead atoms. The van der Waals surface area contributed by atoms with Gasteiger partial charge in [0.25, 0.3) is 0 Å². The van der Waals surface area contributed by atoms with Gasteiger partial charge in [-0.1, -0.05) is 18.2 Å². The van der Waals surface area contributed by atoms with Crippen molar-refractivity contribution in [1.82, 2.24) is 4.98 Å². The van der Waals surface area contributed by atoms with Crippen molar-refractivity contribution in [2.75, 3.05) is 5.32 Å². The Morgan fingerprint density at radius 2 is 1.80 bits per heavy atom. The van der Waals surface area contributed by atoms with Crippen LogP contribution in [0.2, 0.25) is 0 Å². The number of hydrogen-bond acceptors (Lipinski definition) is 2. The van der Waals surface area contributed by atoms with Crippen LogP contribution in [0.1, 0.15) is 13.8 Å². The van der Waals surface area contributed by atoms with E-state index in [9.17, 15) is 4.79 Å². The van der Waals surface area contributed by atoms with Gasteiger partial charge in [-0.05, 0) is 38.1 Å². The van der Waals surface area contributed by atoms with Crippen LogP contribution < -0.4 is 11.1 Å². The van der Waals surface area contributed by atoms with Crippen molar-refractivity contribution in [1.29, 1.82) is 0 Å². The zero-order valence-corrected chi connectivity index (χ0v) is 11.5. The Morgan fingerprint density at radius 3 is 2.55 bits per heavy atom. The maximum Gasteiger partial charge on any atom is 0.243 e. The van der Waals surface area contributed by atoms with Crippen LogP contribution in [-0.4, -0.2) is 16.4 Å². The predicted octanol–water partition coefficient (Wildman–Crippen LogP) is 3.00. The minimum Gasteiger partial charge on any atom is -0.355 e. The van der Waals surface area contributed by atoms with Crippen LogP contribution in [0.3, 0.4) is 0 Å². The van der Waals surface area contributed by atoms with E-state index in [0.29, 0.717) is 0 Å². The monoisotopic (exact) mass is 267 g/mol. The SMILES string of the molecule is CC(C)(N)C(=O)Nc1ccc2[nH]c3ccccc3c2c1. The number of rotatable bonds is 2. The molecule has 0 radical (unpaired) electrons. The fourth-order valence-electron chi connectivity index (χ4n) is 2.22. The summed E-state index contributed by atoms with van der Waals surface area (Å²) in [6.45, 7) is 3.37. The molecule has 0 aliphatic heterocycles. The summed E-state index contributed by atoms with van der Waals surface area (Å²) >= 11 is 0. The Kier molecular flexibility index (Phi) is 2.76. The lowest BCUT2D eigenvalue weighted by Crippen LogP contribution is -2.45. The van der Waals surface area contributed by atoms with Crippen molar-refractivity contribution in [2.24, 2.45) is 5.73 Å². The van der Waals surface area contributed by atoms with Crippen molar-refractivity contribution in [3.05, 3.63) is 42.5 Å². The molecule has 0 spiro atoms. The number of nitrogens with one attached hydrogen (secondary N) is 2. The fourth-order valence-corrected chi connectivity index (χ4v) is 2.22. The lowest BCUT2D eigenvalue weighted by molar-refractivity contribution is -0.120. The minimum atomic E-state index is -0.894. The summed E-state index contributed by atoms with van der Waals surface area (Å²) in [5.41, 5.74) is 7.79. The van der Waals surface area contributed by atoms with Crippen LogP contribution in [-0.2, 0) is 4.79 Å². The number of aromatic amines is 1. The number of hydrogen-bond donors (Lipinski definition) is 3. The smallest absolute Gasteiger partial charge is 0.243 e. The van der Waals surface area contributed by atoms with E-state index < -0.39 is 5.54 Å². The summed E-state index contributed by atoms with van der Waals surface area (Å²) in [6.07, 6.45) is 0. The van der Waals surface area contributed by atoms with Gasteiger partial charge in [0.1, 0.15) is 0 Å². The summed E-state index contributed by atoms with van der Waals surface area (Å²) in [4.78, 5) is 15.3. The van der Waals surface area contributed by atoms with Gasteiger partial charge in [0.05, 0.1) is 5.54 Å². The Balaban J connectivity index is 2.06. The van der Waals surface area contributed by atoms with Crippen LogP contribution in [0.25, 0.3) is 21.8 Å². The van der Waals surface area contributed by atoms with Gasteiger partial charge >= 0.3 is 0 Å². The topological polar surface area (TPSA) is 70.9 Å². The largest absolute Gasteiger partial charge is 0.355 e. The highest BCUT2D eigenvalue weighted by atomic mass is 16.2. The van der Waals surface area contributed by atoms with Crippen molar-refractivity contribution in [3.63, 3.8) is 0 Å². The van der Waals surface area contributed by atoms with Gasteiger partial charge < -0.3 is 16.0 Å². The van der Waals surface area contributed by atoms with Crippen LogP contribution in [0, 0.1) is 0 Å². The molecule has 2 aromatic carbocycles. The van der Waals surface area contributed by atoms with E-state index in [1.54, 1.807) is 13.8 Å². The third kappa shape index (κ3) is 2.14. The lowest BCUT2D eigenvalue weighted by atomic mass is 10.1. The standard InChI is InChI=1S/C16H17N3O/c1-16(2,17)15(20)18-10-7-8-14-12(9-10)11-5-3-4-6-13(11)19-14/h3-9,19H,17H2,1-2H3,(H,18,20). The molecule has 0 atom stereocenters. The molecular formula is C16H17N3O. The van der Waals surface area contributed by atoms with Gasteiger partial charge in [0, 0.05) is 27.5 Å². The molecular weight excluding hydrogens is 250 g/mol. The number of nitrogens with two attached hydrogens (primary N) is 1. The van der Waals surface area contributed by atoms with Crippen LogP contribution >= 0.6 is 0 Å². The number of benzene rings is 2. The number of carbonyl (C=O) groups excluding carboxylic acids is 1. The van der Waals surface area contributed by atoms with E-state index in [1.165, 1.54) is 0 Å². The predicted molar refractivity (Wildman–Crippen MR) is 82.7 cm³/mol. The highest BCUT2D eigenvalue weighted by molar-refractivity contribution is 6.09. The fraction of sp³-hybridized carbons (Fsp3) is 0.188. The number of anilines is 1. The first-order valence-corrected chi connectivity index (χ1v) is 6.56. The Bertz CT molecular complexity index is 796. The molecule has 1 heterocycles. The molecule has 0 aliphatic carbocycles. The molecule has 102 valence electrons. The average Bonchev–Trinajstić information content (AvgIpc) is 2.76. The lowest BCUT2D eigenvalue weighted by Gasteiger charge is -2.17. The molecule has 0 fully saturated rings. The summed E-state index contributed by atoms with van der Waals surface area (Å²) in [5.74, 6) is -0.198. The number of aromatic nitrogens is 1. The minimum absolute atomic E-state index is 0.198. The van der Waals surface area contributed by atoms with E-state index >= 15 is 0 Å². The highest BCUT2D eigenvalue weighted by Crippen LogP contribution is 2.27. The molecule has 0 aliphatic rings. The normalized spacial score (nSPS) is 11.9. The quantitative estimate of drug-likeness (QED) is 0.668. The van der Waals surface area contributed by atoms with Gasteiger partial charge in [0.15, 0.2) is 0 Å². The highest BCUT2D eigenvalue weighted by Gasteiger charge is 2.21. The third-order valence-electron chi connectivity index (χ3n) is 3.35. The van der Waals surface area contributed by atoms with Crippen molar-refractivity contribution in [2.45, 2.75) is 19.4 Å². The van der Waals surface area contributed by atoms with Gasteiger partial charge in [0.2, 0.25) is 5.91 Å². The number of fused-ring (bicyclic) bond motifs is 3. The summed E-state index contributed by atoms with van der Waals surface area (Å²) < 4.78 is 0. The number of para-hydroxylation sites is 1. The van der Waals surface area contributed by atoms with Crippen LogP contribution in [0.15, 0.2) is 42.5 Å². The molecule has 3 aromatic rings. The van der Waals surface area contributed by atoms with Crippen molar-refractivity contribution in [3.8, 4) is 0 Å². The maximum atomic E-state index is 11.9. The van der Waals surface area contributed by atoms with E-state index in [4.69, 9.17) is 5.73 Å². The summed E-state index contributed by atoms with van der Waals surface area (Å²) in [5, 5.41) is 5.09. The molecule has 4 nitrogen and oxygen atoms in total. The number of amides is 1. The second-order valence-electron chi connectivity index (χ2n) is 5.61. The first kappa shape index (κ1) is 12.7. The molecule has 20 heavy (non-hydrogen) atoms. The molecule has 0 saturated carbocycles. The van der Waals surface area contributed by atoms with Gasteiger partial charge in [-0.3, -0.25) is 4.79 Å². The van der Waals surface area contributed by atoms with Gasteiger partial charge in [-0.15, -0.1) is 0 Å². The second kappa shape index (κ2) is 4.35. The maximum absolute atomic E-state index is 11.9. The molecule has 1 aromatic heterocycles. The number of carbonyl (C=O) groups is 1. The molecule has 4 heteroatoms. The molecule has 4 N–H and O–H groups in total. The van der Waals surface area contributed by atoms with E-state index in [-0.39, 0.29) is 5.91 Å². The first-order chi connectivity index (χ1) is 9.45. The van der Waals surface area contributed by atoms with Crippen molar-refractivity contribution < 1.29 is 4.79 Å². The molecule has 0 saturated heterocycles. The first-order valence-electron chi connectivity index (χ1n) is 6.56. The molecule has 0 unspecified atom stereocenters. The van der Waals surface area contributed by atoms with Gasteiger partial charge in [-0.25, -0.2) is 0 Å². The van der Waals surface area contributed by atoms with E-state index in [1.807, 2.05) is 36.4 Å². The Hall–Kier alpha value is -2.33. The third-order valence-corrected chi connectivity index (χ3v) is 3.35. The molecule has 3 rings (SSSR count). The summed E-state index contributed by atoms with van der Waals surface area (Å²) in [7, 11) is 0. The van der Waals surface area contributed by atoms with Gasteiger partial charge in [-0.2, -0.15) is 0 Å². The second-order valence-corrected chi connectivity index (χ2v) is 5.61. The van der Waals surface area contributed by atoms with Crippen LogP contribution in [0.4, 0.5) is 5.69 Å². The Morgan fingerprint density at radius 1 is 1.10 bits per heavy atom. The van der Waals surface area contributed by atoms with Crippen LogP contribution in [0.5, 0.6) is 0 Å². The van der Waals surface area contributed by atoms with E-state index in [0.717, 1.165) is 27.5 Å². The van der Waals surface area contributed by atoms with Crippen molar-refractivity contribution >= 4 is 33.4 Å². The average molecular weight is 267 g/mol. The Labute approximate surface area is 117 Å². The summed E-state index contributed by atoms with van der Waals surface area (Å²) in [6, 6.07) is 13.9. The molecule has 1 amide bonds. The zero-order valence-electron chi connectivity index (χ0n) is 11.5. The zero-order chi connectivity index (χ0) is 14.3. The van der Waals surface area contributed by atoms with E-state index in [2.05, 4.69) is 16.4 Å². The number of H-pyrrole nitrogens is 1.